The highest BCUT2D eigenvalue weighted by Crippen LogP contribution is 2.36. The van der Waals surface area contributed by atoms with Crippen molar-refractivity contribution in [1.82, 2.24) is 5.32 Å². The average molecular weight is 245 g/mol. The van der Waals surface area contributed by atoms with Crippen LogP contribution in [0.2, 0.25) is 0 Å². The Bertz CT molecular complexity index is 398. The number of rotatable bonds is 2. The quantitative estimate of drug-likeness (QED) is 0.858. The smallest absolute Gasteiger partial charge is 0.124 e. The molecular weight excluding hydrogens is 222 g/mol. The zero-order valence-electron chi connectivity index (χ0n) is 11.2. The molecule has 2 aliphatic rings. The molecule has 0 saturated heterocycles. The monoisotopic (exact) mass is 245 g/mol. The molecule has 1 N–H and O–H groups in total. The number of benzene rings is 1. The molecule has 1 saturated carbocycles. The minimum Gasteiger partial charge on any atom is -0.493 e. The molecule has 1 aromatic carbocycles. The summed E-state index contributed by atoms with van der Waals surface area (Å²) in [6.07, 6.45) is 6.87. The molecule has 2 atom stereocenters. The van der Waals surface area contributed by atoms with Crippen LogP contribution in [-0.2, 0) is 0 Å². The topological polar surface area (TPSA) is 21.3 Å². The summed E-state index contributed by atoms with van der Waals surface area (Å²) in [5.74, 6) is 1.63. The molecular formula is C16H23NO. The second-order valence-corrected chi connectivity index (χ2v) is 5.81. The van der Waals surface area contributed by atoms with Crippen molar-refractivity contribution >= 4 is 0 Å². The summed E-state index contributed by atoms with van der Waals surface area (Å²) in [7, 11) is 0. The van der Waals surface area contributed by atoms with Gasteiger partial charge in [-0.15, -0.1) is 0 Å². The van der Waals surface area contributed by atoms with E-state index < -0.39 is 0 Å². The Hall–Kier alpha value is -1.02. The van der Waals surface area contributed by atoms with Crippen LogP contribution in [0.3, 0.4) is 0 Å². The first-order valence-corrected chi connectivity index (χ1v) is 7.32. The van der Waals surface area contributed by atoms with Crippen molar-refractivity contribution in [2.24, 2.45) is 5.92 Å². The Morgan fingerprint density at radius 1 is 1.11 bits per heavy atom. The molecule has 0 bridgehead atoms. The van der Waals surface area contributed by atoms with E-state index in [9.17, 15) is 0 Å². The molecule has 1 aromatic rings. The van der Waals surface area contributed by atoms with Crippen molar-refractivity contribution in [3.8, 4) is 5.75 Å². The molecule has 1 fully saturated rings. The van der Waals surface area contributed by atoms with Gasteiger partial charge in [0.05, 0.1) is 6.61 Å². The molecule has 0 radical (unpaired) electrons. The van der Waals surface area contributed by atoms with Gasteiger partial charge in [0.25, 0.3) is 0 Å². The molecule has 0 amide bonds. The Morgan fingerprint density at radius 3 is 2.72 bits per heavy atom. The fourth-order valence-electron chi connectivity index (χ4n) is 3.27. The molecule has 2 unspecified atom stereocenters. The van der Waals surface area contributed by atoms with Gasteiger partial charge in [-0.3, -0.25) is 0 Å². The van der Waals surface area contributed by atoms with Crippen LogP contribution in [0.5, 0.6) is 5.75 Å². The predicted octanol–water partition coefficient (Wildman–Crippen LogP) is 3.68. The number of hydrogen-bond acceptors (Lipinski definition) is 2. The zero-order valence-corrected chi connectivity index (χ0v) is 11.2. The van der Waals surface area contributed by atoms with Crippen LogP contribution < -0.4 is 10.1 Å². The maximum absolute atomic E-state index is 5.82. The minimum absolute atomic E-state index is 0.470. The maximum Gasteiger partial charge on any atom is 0.124 e. The third-order valence-electron chi connectivity index (χ3n) is 4.35. The van der Waals surface area contributed by atoms with Crippen LogP contribution in [0.4, 0.5) is 0 Å². The lowest BCUT2D eigenvalue weighted by atomic mass is 9.88. The van der Waals surface area contributed by atoms with E-state index in [-0.39, 0.29) is 0 Å². The molecule has 0 aromatic heterocycles. The fourth-order valence-corrected chi connectivity index (χ4v) is 3.27. The normalized spacial score (nSPS) is 28.5. The molecule has 2 nitrogen and oxygen atoms in total. The van der Waals surface area contributed by atoms with Crippen LogP contribution in [0.1, 0.15) is 50.6 Å². The lowest BCUT2D eigenvalue weighted by Gasteiger charge is -2.36. The number of fused-ring (bicyclic) bond motifs is 1. The van der Waals surface area contributed by atoms with Crippen LogP contribution in [0.25, 0.3) is 0 Å². The van der Waals surface area contributed by atoms with Gasteiger partial charge in [-0.1, -0.05) is 44.4 Å². The molecule has 1 aliphatic heterocycles. The summed E-state index contributed by atoms with van der Waals surface area (Å²) in [5, 5.41) is 3.88. The summed E-state index contributed by atoms with van der Waals surface area (Å²) in [6, 6.07) is 9.67. The largest absolute Gasteiger partial charge is 0.493 e. The van der Waals surface area contributed by atoms with Crippen LogP contribution in [0.15, 0.2) is 24.3 Å². The molecule has 1 heterocycles. The van der Waals surface area contributed by atoms with Gasteiger partial charge in [0.1, 0.15) is 5.75 Å². The summed E-state index contributed by atoms with van der Waals surface area (Å²) in [5.41, 5.74) is 1.35. The first-order chi connectivity index (χ1) is 8.84. The molecule has 2 heteroatoms. The van der Waals surface area contributed by atoms with E-state index in [1.165, 1.54) is 37.7 Å². The van der Waals surface area contributed by atoms with Crippen LogP contribution >= 0.6 is 0 Å². The van der Waals surface area contributed by atoms with Gasteiger partial charge in [0.2, 0.25) is 0 Å². The van der Waals surface area contributed by atoms with E-state index in [0.717, 1.165) is 12.4 Å². The summed E-state index contributed by atoms with van der Waals surface area (Å²) < 4.78 is 5.82. The zero-order chi connectivity index (χ0) is 12.4. The molecule has 18 heavy (non-hydrogen) atoms. The van der Waals surface area contributed by atoms with Crippen LogP contribution in [0, 0.1) is 5.92 Å². The average Bonchev–Trinajstić information content (AvgIpc) is 2.43. The fraction of sp³-hybridized carbons (Fsp3) is 0.625. The van der Waals surface area contributed by atoms with Gasteiger partial charge in [-0.2, -0.15) is 0 Å². The summed E-state index contributed by atoms with van der Waals surface area (Å²) in [6.45, 7) is 3.12. The highest BCUT2D eigenvalue weighted by Gasteiger charge is 2.29. The number of hydrogen-bond donors (Lipinski definition) is 1. The first kappa shape index (κ1) is 12.0. The number of ether oxygens (including phenoxy) is 1. The lowest BCUT2D eigenvalue weighted by molar-refractivity contribution is 0.173. The number of nitrogens with one attached hydrogen (secondary N) is 1. The molecule has 0 spiro atoms. The highest BCUT2D eigenvalue weighted by molar-refractivity contribution is 5.38. The van der Waals surface area contributed by atoms with Crippen molar-refractivity contribution < 1.29 is 4.74 Å². The third kappa shape index (κ3) is 2.39. The van der Waals surface area contributed by atoms with E-state index in [4.69, 9.17) is 4.74 Å². The van der Waals surface area contributed by atoms with Gasteiger partial charge < -0.3 is 10.1 Å². The van der Waals surface area contributed by atoms with Gasteiger partial charge in [0, 0.05) is 23.6 Å². The lowest BCUT2D eigenvalue weighted by Crippen LogP contribution is -2.40. The predicted molar refractivity (Wildman–Crippen MR) is 73.9 cm³/mol. The molecule has 3 rings (SSSR count). The second kappa shape index (κ2) is 5.31. The number of para-hydroxylation sites is 1. The Morgan fingerprint density at radius 2 is 1.89 bits per heavy atom. The maximum atomic E-state index is 5.82. The Kier molecular flexibility index (Phi) is 3.55. The van der Waals surface area contributed by atoms with Crippen molar-refractivity contribution in [3.63, 3.8) is 0 Å². The summed E-state index contributed by atoms with van der Waals surface area (Å²) >= 11 is 0. The Labute approximate surface area is 110 Å². The molecule has 98 valence electrons. The van der Waals surface area contributed by atoms with Crippen LogP contribution in [-0.4, -0.2) is 12.6 Å². The third-order valence-corrected chi connectivity index (χ3v) is 4.35. The molecule has 1 aliphatic carbocycles. The van der Waals surface area contributed by atoms with E-state index in [2.05, 4.69) is 36.5 Å². The highest BCUT2D eigenvalue weighted by atomic mass is 16.5. The van der Waals surface area contributed by atoms with Gasteiger partial charge >= 0.3 is 0 Å². The Balaban J connectivity index is 1.77. The van der Waals surface area contributed by atoms with Crippen molar-refractivity contribution in [2.45, 2.75) is 51.1 Å². The van der Waals surface area contributed by atoms with Gasteiger partial charge in [-0.25, -0.2) is 0 Å². The van der Waals surface area contributed by atoms with E-state index in [1.54, 1.807) is 0 Å². The van der Waals surface area contributed by atoms with Crippen molar-refractivity contribution in [3.05, 3.63) is 29.8 Å². The standard InChI is InChI=1S/C16H23NO/c1-12-11-18-15-10-6-5-9-14(15)16(12)17-13-7-3-2-4-8-13/h5-6,9-10,12-13,16-17H,2-4,7-8,11H2,1H3. The second-order valence-electron chi connectivity index (χ2n) is 5.81. The minimum atomic E-state index is 0.470. The van der Waals surface area contributed by atoms with Crippen molar-refractivity contribution in [2.75, 3.05) is 6.61 Å². The van der Waals surface area contributed by atoms with Gasteiger partial charge in [0.15, 0.2) is 0 Å². The van der Waals surface area contributed by atoms with E-state index in [1.807, 2.05) is 0 Å². The van der Waals surface area contributed by atoms with Gasteiger partial charge in [-0.05, 0) is 18.9 Å². The van der Waals surface area contributed by atoms with Crippen molar-refractivity contribution in [1.29, 1.82) is 0 Å². The SMILES string of the molecule is CC1COc2ccccc2C1NC1CCCCC1. The van der Waals surface area contributed by atoms with E-state index >= 15 is 0 Å². The summed E-state index contributed by atoms with van der Waals surface area (Å²) in [4.78, 5) is 0. The first-order valence-electron chi connectivity index (χ1n) is 7.32. The van der Waals surface area contributed by atoms with E-state index in [0.29, 0.717) is 18.0 Å².